The third-order valence-corrected chi connectivity index (χ3v) is 4.61. The van der Waals surface area contributed by atoms with Gasteiger partial charge in [-0.1, -0.05) is 0 Å². The second-order valence-electron chi connectivity index (χ2n) is 6.45. The second-order valence-corrected chi connectivity index (χ2v) is 6.45. The van der Waals surface area contributed by atoms with Crippen molar-refractivity contribution in [3.05, 3.63) is 39.4 Å². The van der Waals surface area contributed by atoms with Gasteiger partial charge in [0.05, 0.1) is 17.4 Å². The van der Waals surface area contributed by atoms with Crippen LogP contribution in [0.25, 0.3) is 0 Å². The average molecular weight is 363 g/mol. The molecule has 1 heterocycles. The number of aliphatic carboxylic acids is 1. The van der Waals surface area contributed by atoms with Gasteiger partial charge in [-0.2, -0.15) is 0 Å². The Bertz CT molecular complexity index is 748. The highest BCUT2D eigenvalue weighted by Gasteiger charge is 2.32. The van der Waals surface area contributed by atoms with Crippen LogP contribution < -0.4 is 5.32 Å². The number of carbonyl (C=O) groups excluding carboxylic acids is 2. The second kappa shape index (κ2) is 7.94. The van der Waals surface area contributed by atoms with E-state index in [1.807, 2.05) is 6.92 Å². The Morgan fingerprint density at radius 1 is 1.35 bits per heavy atom. The van der Waals surface area contributed by atoms with Gasteiger partial charge in [0, 0.05) is 29.8 Å². The van der Waals surface area contributed by atoms with E-state index >= 15 is 0 Å². The van der Waals surface area contributed by atoms with E-state index in [0.29, 0.717) is 18.4 Å². The van der Waals surface area contributed by atoms with Crippen molar-refractivity contribution in [3.8, 4) is 0 Å². The van der Waals surface area contributed by atoms with E-state index in [4.69, 9.17) is 5.11 Å². The molecule has 0 bridgehead atoms. The lowest BCUT2D eigenvalue weighted by molar-refractivity contribution is -0.385. The summed E-state index contributed by atoms with van der Waals surface area (Å²) in [6.45, 7) is 3.24. The van der Waals surface area contributed by atoms with Crippen LogP contribution in [-0.4, -0.2) is 51.8 Å². The van der Waals surface area contributed by atoms with Crippen molar-refractivity contribution in [2.75, 3.05) is 13.1 Å². The van der Waals surface area contributed by atoms with Gasteiger partial charge in [0.25, 0.3) is 11.6 Å². The summed E-state index contributed by atoms with van der Waals surface area (Å²) in [5.74, 6) is -2.39. The summed E-state index contributed by atoms with van der Waals surface area (Å²) < 4.78 is 0. The van der Waals surface area contributed by atoms with Crippen LogP contribution in [-0.2, 0) is 9.59 Å². The van der Waals surface area contributed by atoms with E-state index in [-0.39, 0.29) is 36.3 Å². The Morgan fingerprint density at radius 3 is 2.62 bits per heavy atom. The van der Waals surface area contributed by atoms with Crippen LogP contribution in [0.4, 0.5) is 5.69 Å². The Hall–Kier alpha value is -2.97. The largest absolute Gasteiger partial charge is 0.481 e. The van der Waals surface area contributed by atoms with Crippen molar-refractivity contribution < 1.29 is 24.4 Å². The summed E-state index contributed by atoms with van der Waals surface area (Å²) in [4.78, 5) is 47.4. The number of piperidine rings is 1. The van der Waals surface area contributed by atoms with Crippen molar-refractivity contribution in [2.45, 2.75) is 32.7 Å². The fourth-order valence-corrected chi connectivity index (χ4v) is 3.02. The maximum Gasteiger partial charge on any atom is 0.308 e. The first-order valence-electron chi connectivity index (χ1n) is 8.26. The summed E-state index contributed by atoms with van der Waals surface area (Å²) in [5.41, 5.74) is 0.485. The SMILES string of the molecule is Cc1cc(C(=O)NCC(=O)N2CC(C(=O)O)CCC2C)ccc1[N+](=O)[O-]. The molecule has 0 aliphatic carbocycles. The lowest BCUT2D eigenvalue weighted by Gasteiger charge is -2.36. The van der Waals surface area contributed by atoms with Crippen molar-refractivity contribution >= 4 is 23.5 Å². The number of hydrogen-bond acceptors (Lipinski definition) is 5. The number of rotatable bonds is 5. The summed E-state index contributed by atoms with van der Waals surface area (Å²) in [6.07, 6.45) is 1.12. The van der Waals surface area contributed by atoms with Gasteiger partial charge in [0.2, 0.25) is 5.91 Å². The zero-order valence-corrected chi connectivity index (χ0v) is 14.6. The number of amides is 2. The van der Waals surface area contributed by atoms with Crippen LogP contribution in [0.2, 0.25) is 0 Å². The number of nitro groups is 1. The van der Waals surface area contributed by atoms with Crippen LogP contribution >= 0.6 is 0 Å². The fourth-order valence-electron chi connectivity index (χ4n) is 3.02. The van der Waals surface area contributed by atoms with Crippen molar-refractivity contribution in [1.82, 2.24) is 10.2 Å². The molecule has 140 valence electrons. The van der Waals surface area contributed by atoms with Crippen molar-refractivity contribution in [3.63, 3.8) is 0 Å². The molecule has 1 saturated heterocycles. The number of benzene rings is 1. The Labute approximate surface area is 150 Å². The number of aryl methyl sites for hydroxylation is 1. The van der Waals surface area contributed by atoms with Gasteiger partial charge in [-0.15, -0.1) is 0 Å². The molecular weight excluding hydrogens is 342 g/mol. The molecule has 0 spiro atoms. The van der Waals surface area contributed by atoms with Gasteiger partial charge < -0.3 is 15.3 Å². The molecule has 1 aliphatic rings. The lowest BCUT2D eigenvalue weighted by atomic mass is 9.93. The predicted octanol–water partition coefficient (Wildman–Crippen LogP) is 1.34. The molecule has 2 atom stereocenters. The topological polar surface area (TPSA) is 130 Å². The highest BCUT2D eigenvalue weighted by atomic mass is 16.6. The number of nitrogens with zero attached hydrogens (tertiary/aromatic N) is 2. The Balaban J connectivity index is 1.98. The molecule has 9 nitrogen and oxygen atoms in total. The fraction of sp³-hybridized carbons (Fsp3) is 0.471. The van der Waals surface area contributed by atoms with E-state index < -0.39 is 22.7 Å². The highest BCUT2D eigenvalue weighted by molar-refractivity contribution is 5.97. The molecule has 0 aromatic heterocycles. The van der Waals surface area contributed by atoms with E-state index in [9.17, 15) is 24.5 Å². The number of nitro benzene ring substituents is 1. The van der Waals surface area contributed by atoms with Crippen LogP contribution in [0.1, 0.15) is 35.7 Å². The molecule has 2 rings (SSSR count). The van der Waals surface area contributed by atoms with Crippen LogP contribution in [0.5, 0.6) is 0 Å². The van der Waals surface area contributed by atoms with Gasteiger partial charge in [-0.25, -0.2) is 0 Å². The van der Waals surface area contributed by atoms with Gasteiger partial charge in [0.15, 0.2) is 0 Å². The molecule has 1 aliphatic heterocycles. The highest BCUT2D eigenvalue weighted by Crippen LogP contribution is 2.22. The van der Waals surface area contributed by atoms with Crippen LogP contribution in [0.15, 0.2) is 18.2 Å². The first kappa shape index (κ1) is 19.4. The Morgan fingerprint density at radius 2 is 2.04 bits per heavy atom. The summed E-state index contributed by atoms with van der Waals surface area (Å²) in [5, 5.41) is 22.4. The van der Waals surface area contributed by atoms with Crippen molar-refractivity contribution in [1.29, 1.82) is 0 Å². The number of nitrogens with one attached hydrogen (secondary N) is 1. The standard InChI is InChI=1S/C17H21N3O6/c1-10-7-12(5-6-14(10)20(25)26)16(22)18-8-15(21)19-9-13(17(23)24)4-3-11(19)2/h5-7,11,13H,3-4,8-9H2,1-2H3,(H,18,22)(H,23,24). The van der Waals surface area contributed by atoms with E-state index in [1.54, 1.807) is 0 Å². The molecule has 9 heteroatoms. The monoisotopic (exact) mass is 363 g/mol. The first-order chi connectivity index (χ1) is 12.2. The molecule has 2 N–H and O–H groups in total. The van der Waals surface area contributed by atoms with E-state index in [2.05, 4.69) is 5.32 Å². The van der Waals surface area contributed by atoms with Gasteiger partial charge in [-0.3, -0.25) is 24.5 Å². The molecule has 2 amide bonds. The maximum atomic E-state index is 12.4. The number of carboxylic acids is 1. The number of hydrogen-bond donors (Lipinski definition) is 2. The quantitative estimate of drug-likeness (QED) is 0.600. The third-order valence-electron chi connectivity index (χ3n) is 4.61. The molecule has 1 fully saturated rings. The molecule has 1 aromatic rings. The van der Waals surface area contributed by atoms with Gasteiger partial charge in [-0.05, 0) is 38.8 Å². The molecule has 0 saturated carbocycles. The zero-order chi connectivity index (χ0) is 19.4. The van der Waals surface area contributed by atoms with Crippen LogP contribution in [0.3, 0.4) is 0 Å². The van der Waals surface area contributed by atoms with Gasteiger partial charge >= 0.3 is 5.97 Å². The summed E-state index contributed by atoms with van der Waals surface area (Å²) in [6, 6.07) is 3.88. The molecule has 26 heavy (non-hydrogen) atoms. The molecule has 0 radical (unpaired) electrons. The maximum absolute atomic E-state index is 12.4. The van der Waals surface area contributed by atoms with E-state index in [0.717, 1.165) is 0 Å². The van der Waals surface area contributed by atoms with Gasteiger partial charge in [0.1, 0.15) is 0 Å². The number of carbonyl (C=O) groups is 3. The minimum Gasteiger partial charge on any atom is -0.481 e. The lowest BCUT2D eigenvalue weighted by Crippen LogP contribution is -2.50. The number of likely N-dealkylation sites (tertiary alicyclic amines) is 1. The minimum absolute atomic E-state index is 0.0838. The molecular formula is C17H21N3O6. The first-order valence-corrected chi connectivity index (χ1v) is 8.26. The number of carboxylic acid groups (broad SMARTS) is 1. The predicted molar refractivity (Wildman–Crippen MR) is 91.7 cm³/mol. The Kier molecular flexibility index (Phi) is 5.91. The molecule has 1 aromatic carbocycles. The smallest absolute Gasteiger partial charge is 0.308 e. The minimum atomic E-state index is -0.930. The summed E-state index contributed by atoms with van der Waals surface area (Å²) in [7, 11) is 0. The van der Waals surface area contributed by atoms with E-state index in [1.165, 1.54) is 30.0 Å². The summed E-state index contributed by atoms with van der Waals surface area (Å²) >= 11 is 0. The normalized spacial score (nSPS) is 19.7. The zero-order valence-electron chi connectivity index (χ0n) is 14.6. The van der Waals surface area contributed by atoms with Crippen LogP contribution in [0, 0.1) is 23.0 Å². The molecule has 2 unspecified atom stereocenters. The third kappa shape index (κ3) is 4.35. The van der Waals surface area contributed by atoms with Crippen molar-refractivity contribution in [2.24, 2.45) is 5.92 Å². The average Bonchev–Trinajstić information content (AvgIpc) is 2.59.